The minimum atomic E-state index is -4.36. The molecule has 2 atom stereocenters. The molecule has 2 aliphatic rings. The normalized spacial score (nSPS) is 23.7. The Balaban J connectivity index is 1.96. The van der Waals surface area contributed by atoms with E-state index in [2.05, 4.69) is 142 Å². The third kappa shape index (κ3) is 4.67. The standard InChI is InChI=1S/2C9H12O.2C8H11.Zr/c2*1-7(2)8-3-5-9(10)6-4-8;2*1-6-4-5-7(2)8(6)3;/h2*3-7,10H,1-2H3;2*4-5H,1-3H3;/q;;;;+2/p-2. The van der Waals surface area contributed by atoms with Crippen LogP contribution in [0, 0.1) is 0 Å². The maximum absolute atomic E-state index is 7.45. The first-order chi connectivity index (χ1) is 17.3. The van der Waals surface area contributed by atoms with E-state index in [0.717, 1.165) is 11.5 Å². The monoisotopic (exact) mass is 574 g/mol. The third-order valence-corrected chi connectivity index (χ3v) is 21.0. The van der Waals surface area contributed by atoms with Crippen LogP contribution in [-0.4, -0.2) is 0 Å². The van der Waals surface area contributed by atoms with Gasteiger partial charge in [-0.2, -0.15) is 0 Å². The number of benzene rings is 2. The Labute approximate surface area is 230 Å². The molecule has 0 saturated carbocycles. The van der Waals surface area contributed by atoms with E-state index in [4.69, 9.17) is 5.63 Å². The van der Waals surface area contributed by atoms with Gasteiger partial charge in [-0.25, -0.2) is 0 Å². The summed E-state index contributed by atoms with van der Waals surface area (Å²) in [6.07, 6.45) is 9.29. The summed E-state index contributed by atoms with van der Waals surface area (Å²) < 4.78 is 14.3. The van der Waals surface area contributed by atoms with Crippen LogP contribution in [-0.2, 0) is 21.1 Å². The summed E-state index contributed by atoms with van der Waals surface area (Å²) in [6, 6.07) is 17.4. The summed E-state index contributed by atoms with van der Waals surface area (Å²) in [5.41, 5.74) is 7.96. The summed E-state index contributed by atoms with van der Waals surface area (Å²) in [5.74, 6) is 2.75. The van der Waals surface area contributed by atoms with Gasteiger partial charge in [-0.3, -0.25) is 0 Å². The molecule has 2 unspecified atom stereocenters. The van der Waals surface area contributed by atoms with E-state index in [-0.39, 0.29) is 6.25 Å². The van der Waals surface area contributed by atoms with E-state index in [9.17, 15) is 0 Å². The van der Waals surface area contributed by atoms with Gasteiger partial charge in [-0.05, 0) is 0 Å². The van der Waals surface area contributed by atoms with Crippen molar-refractivity contribution in [2.75, 3.05) is 0 Å². The predicted octanol–water partition coefficient (Wildman–Crippen LogP) is 10.5. The first-order valence-electron chi connectivity index (χ1n) is 13.7. The first-order valence-corrected chi connectivity index (χ1v) is 18.1. The van der Waals surface area contributed by atoms with Crippen molar-refractivity contribution in [2.45, 2.75) is 87.3 Å². The van der Waals surface area contributed by atoms with Crippen molar-refractivity contribution >= 4 is 0 Å². The van der Waals surface area contributed by atoms with Gasteiger partial charge in [0.05, 0.1) is 0 Å². The van der Waals surface area contributed by atoms with E-state index >= 15 is 0 Å². The molecule has 0 heterocycles. The van der Waals surface area contributed by atoms with E-state index in [1.54, 1.807) is 0 Å². The molecule has 2 aliphatic carbocycles. The molecule has 0 amide bonds. The minimum absolute atomic E-state index is 0.308. The zero-order valence-corrected chi connectivity index (χ0v) is 26.9. The number of allylic oxidation sites excluding steroid dienone is 8. The van der Waals surface area contributed by atoms with Gasteiger partial charge in [-0.15, -0.1) is 0 Å². The molecule has 0 spiro atoms. The topological polar surface area (TPSA) is 18.5 Å². The Hall–Kier alpha value is -2.12. The molecule has 0 fully saturated rings. The van der Waals surface area contributed by atoms with Crippen LogP contribution in [0.25, 0.3) is 0 Å². The van der Waals surface area contributed by atoms with Crippen molar-refractivity contribution in [3.8, 4) is 11.5 Å². The molecule has 2 nitrogen and oxygen atoms in total. The molecule has 0 aromatic heterocycles. The van der Waals surface area contributed by atoms with Gasteiger partial charge in [0.25, 0.3) is 0 Å². The van der Waals surface area contributed by atoms with Gasteiger partial charge < -0.3 is 0 Å². The van der Waals surface area contributed by atoms with Crippen LogP contribution in [0.3, 0.4) is 0 Å². The fourth-order valence-electron chi connectivity index (χ4n) is 5.77. The second-order valence-electron chi connectivity index (χ2n) is 12.0. The Morgan fingerprint density at radius 2 is 0.892 bits per heavy atom. The van der Waals surface area contributed by atoms with Gasteiger partial charge in [-0.1, -0.05) is 0 Å². The molecule has 3 heteroatoms. The molecule has 0 bridgehead atoms. The molecule has 37 heavy (non-hydrogen) atoms. The fourth-order valence-corrected chi connectivity index (χ4v) is 17.8. The first kappa shape index (κ1) is 27.9. The molecule has 4 rings (SSSR count). The average molecular weight is 576 g/mol. The zero-order chi connectivity index (χ0) is 27.2. The van der Waals surface area contributed by atoms with Gasteiger partial charge in [0.1, 0.15) is 0 Å². The quantitative estimate of drug-likeness (QED) is 0.312. The maximum atomic E-state index is 7.45. The molecule has 2 aromatic rings. The number of hydrogen-bond acceptors (Lipinski definition) is 2. The van der Waals surface area contributed by atoms with E-state index < -0.39 is 21.1 Å². The molecule has 0 aliphatic heterocycles. The van der Waals surface area contributed by atoms with Crippen LogP contribution in [0.5, 0.6) is 11.5 Å². The van der Waals surface area contributed by atoms with E-state index in [0.29, 0.717) is 11.8 Å². The van der Waals surface area contributed by atoms with Crippen LogP contribution < -0.4 is 5.63 Å². The fraction of sp³-hybridized carbons (Fsp3) is 0.412. The van der Waals surface area contributed by atoms with Crippen molar-refractivity contribution in [3.05, 3.63) is 106 Å². The summed E-state index contributed by atoms with van der Waals surface area (Å²) in [7, 11) is 0. The third-order valence-electron chi connectivity index (χ3n) is 9.06. The Morgan fingerprint density at radius 1 is 0.568 bits per heavy atom. The van der Waals surface area contributed by atoms with Gasteiger partial charge in [0, 0.05) is 0 Å². The van der Waals surface area contributed by atoms with Crippen LogP contribution in [0.1, 0.15) is 92.2 Å². The van der Waals surface area contributed by atoms with Crippen molar-refractivity contribution in [1.29, 1.82) is 0 Å². The summed E-state index contributed by atoms with van der Waals surface area (Å²) in [5, 5.41) is 0. The molecule has 0 N–H and O–H groups in total. The van der Waals surface area contributed by atoms with Crippen molar-refractivity contribution in [1.82, 2.24) is 0 Å². The Morgan fingerprint density at radius 3 is 1.14 bits per heavy atom. The summed E-state index contributed by atoms with van der Waals surface area (Å²) >= 11 is -4.36. The second kappa shape index (κ2) is 10.2. The Bertz CT molecular complexity index is 1170. The van der Waals surface area contributed by atoms with Gasteiger partial charge in [0.2, 0.25) is 0 Å². The van der Waals surface area contributed by atoms with Crippen molar-refractivity contribution in [3.63, 3.8) is 0 Å². The number of rotatable bonds is 8. The predicted molar refractivity (Wildman–Crippen MR) is 154 cm³/mol. The number of hydrogen-bond donors (Lipinski definition) is 0. The zero-order valence-electron chi connectivity index (χ0n) is 24.4. The van der Waals surface area contributed by atoms with Crippen LogP contribution in [0.15, 0.2) is 95.1 Å². The SMILES string of the molecule is CC1=C(C)[C](C)([Zr]([O]c2ccc(C(C)C)cc2)([O]c2ccc(C(C)C)cc2)[C]2(C)C=CC(C)=C2C)C=C1. The average Bonchev–Trinajstić information content (AvgIpc) is 3.30. The van der Waals surface area contributed by atoms with E-state index in [1.807, 2.05) is 0 Å². The molecule has 0 saturated heterocycles. The molecule has 0 radical (unpaired) electrons. The second-order valence-corrected chi connectivity index (χ2v) is 21.1. The van der Waals surface area contributed by atoms with Crippen LogP contribution in [0.4, 0.5) is 0 Å². The Kier molecular flexibility index (Phi) is 7.71. The van der Waals surface area contributed by atoms with Gasteiger partial charge >= 0.3 is 232 Å². The summed E-state index contributed by atoms with van der Waals surface area (Å²) in [4.78, 5) is 0. The molecule has 196 valence electrons. The molecular formula is C34H44O2Zr. The van der Waals surface area contributed by atoms with E-state index in [1.165, 1.54) is 33.4 Å². The van der Waals surface area contributed by atoms with Gasteiger partial charge in [0.15, 0.2) is 0 Å². The molecule has 2 aromatic carbocycles. The van der Waals surface area contributed by atoms with Crippen molar-refractivity contribution in [2.24, 2.45) is 0 Å². The summed E-state index contributed by atoms with van der Waals surface area (Å²) in [6.45, 7) is 22.6. The van der Waals surface area contributed by atoms with Crippen molar-refractivity contribution < 1.29 is 26.8 Å². The van der Waals surface area contributed by atoms with Crippen LogP contribution in [0.2, 0.25) is 6.25 Å². The molecular weight excluding hydrogens is 532 g/mol. The van der Waals surface area contributed by atoms with Crippen LogP contribution >= 0.6 is 0 Å².